The molecule has 4 nitrogen and oxygen atoms in total. The van der Waals surface area contributed by atoms with Crippen LogP contribution in [-0.4, -0.2) is 19.1 Å². The molecular weight excluding hydrogens is 350 g/mol. The fraction of sp³-hybridized carbons (Fsp3) is 0.458. The van der Waals surface area contributed by atoms with Gasteiger partial charge in [-0.2, -0.15) is 0 Å². The van der Waals surface area contributed by atoms with E-state index in [4.69, 9.17) is 9.47 Å². The van der Waals surface area contributed by atoms with Crippen molar-refractivity contribution < 1.29 is 14.3 Å². The molecule has 0 aromatic heterocycles. The van der Waals surface area contributed by atoms with E-state index in [9.17, 15) is 4.79 Å². The van der Waals surface area contributed by atoms with E-state index in [1.807, 2.05) is 36.4 Å². The van der Waals surface area contributed by atoms with Crippen molar-refractivity contribution in [2.24, 2.45) is 5.92 Å². The maximum absolute atomic E-state index is 12.4. The van der Waals surface area contributed by atoms with Crippen LogP contribution in [0.25, 0.3) is 0 Å². The Bertz CT molecular complexity index is 693. The van der Waals surface area contributed by atoms with Crippen molar-refractivity contribution in [2.45, 2.75) is 52.9 Å². The van der Waals surface area contributed by atoms with Gasteiger partial charge < -0.3 is 14.8 Å². The highest BCUT2D eigenvalue weighted by Gasteiger charge is 2.07. The Balaban J connectivity index is 1.78. The minimum atomic E-state index is -0.137. The summed E-state index contributed by atoms with van der Waals surface area (Å²) in [5, 5.41) is 2.91. The molecule has 28 heavy (non-hydrogen) atoms. The van der Waals surface area contributed by atoms with E-state index in [0.717, 1.165) is 36.6 Å². The largest absolute Gasteiger partial charge is 0.494 e. The van der Waals surface area contributed by atoms with E-state index in [1.165, 1.54) is 19.3 Å². The Hall–Kier alpha value is -2.49. The zero-order valence-electron chi connectivity index (χ0n) is 17.4. The summed E-state index contributed by atoms with van der Waals surface area (Å²) in [6.07, 6.45) is 5.76. The molecule has 152 valence electrons. The number of hydrogen-bond acceptors (Lipinski definition) is 3. The van der Waals surface area contributed by atoms with E-state index in [0.29, 0.717) is 18.1 Å². The molecule has 0 fully saturated rings. The summed E-state index contributed by atoms with van der Waals surface area (Å²) >= 11 is 0. The highest BCUT2D eigenvalue weighted by Crippen LogP contribution is 2.18. The predicted octanol–water partition coefficient (Wildman–Crippen LogP) is 6.32. The van der Waals surface area contributed by atoms with E-state index in [1.54, 1.807) is 12.1 Å². The predicted molar refractivity (Wildman–Crippen MR) is 115 cm³/mol. The third-order valence-electron chi connectivity index (χ3n) is 4.46. The van der Waals surface area contributed by atoms with Crippen LogP contribution in [0.4, 0.5) is 5.69 Å². The molecule has 2 rings (SSSR count). The van der Waals surface area contributed by atoms with Crippen LogP contribution in [-0.2, 0) is 0 Å². The Kier molecular flexibility index (Phi) is 9.40. The minimum absolute atomic E-state index is 0.137. The van der Waals surface area contributed by atoms with Gasteiger partial charge in [0, 0.05) is 11.3 Å². The van der Waals surface area contributed by atoms with Gasteiger partial charge in [-0.3, -0.25) is 4.79 Å². The minimum Gasteiger partial charge on any atom is -0.494 e. The average Bonchev–Trinajstić information content (AvgIpc) is 2.69. The molecule has 0 aliphatic rings. The number of carbonyl (C=O) groups is 1. The number of ether oxygens (including phenoxy) is 2. The Morgan fingerprint density at radius 3 is 2.07 bits per heavy atom. The van der Waals surface area contributed by atoms with Crippen molar-refractivity contribution in [3.63, 3.8) is 0 Å². The van der Waals surface area contributed by atoms with Crippen LogP contribution in [0.3, 0.4) is 0 Å². The van der Waals surface area contributed by atoms with Crippen LogP contribution in [0.1, 0.15) is 63.2 Å². The first-order chi connectivity index (χ1) is 13.6. The normalized spacial score (nSPS) is 10.7. The second-order valence-electron chi connectivity index (χ2n) is 7.44. The molecule has 4 heteroatoms. The van der Waals surface area contributed by atoms with Crippen LogP contribution in [0.15, 0.2) is 48.5 Å². The van der Waals surface area contributed by atoms with Crippen molar-refractivity contribution >= 4 is 11.6 Å². The van der Waals surface area contributed by atoms with E-state index < -0.39 is 0 Å². The molecule has 0 saturated heterocycles. The van der Waals surface area contributed by atoms with Gasteiger partial charge in [-0.25, -0.2) is 0 Å². The molecular formula is C24H33NO3. The quantitative estimate of drug-likeness (QED) is 0.436. The van der Waals surface area contributed by atoms with Gasteiger partial charge in [-0.15, -0.1) is 0 Å². The summed E-state index contributed by atoms with van der Waals surface area (Å²) in [4.78, 5) is 12.4. The van der Waals surface area contributed by atoms with Crippen LogP contribution in [0.5, 0.6) is 11.5 Å². The second-order valence-corrected chi connectivity index (χ2v) is 7.44. The smallest absolute Gasteiger partial charge is 0.255 e. The van der Waals surface area contributed by atoms with Gasteiger partial charge in [0.1, 0.15) is 11.5 Å². The molecule has 2 aromatic carbocycles. The summed E-state index contributed by atoms with van der Waals surface area (Å²) in [7, 11) is 0. The van der Waals surface area contributed by atoms with E-state index in [2.05, 4.69) is 26.1 Å². The lowest BCUT2D eigenvalue weighted by Gasteiger charge is -2.10. The van der Waals surface area contributed by atoms with E-state index in [-0.39, 0.29) is 5.91 Å². The molecule has 0 bridgehead atoms. The first kappa shape index (κ1) is 21.8. The van der Waals surface area contributed by atoms with Gasteiger partial charge in [0.05, 0.1) is 13.2 Å². The molecule has 1 N–H and O–H groups in total. The molecule has 0 spiro atoms. The lowest BCUT2D eigenvalue weighted by atomic mass is 10.1. The lowest BCUT2D eigenvalue weighted by Crippen LogP contribution is -2.11. The number of benzene rings is 2. The van der Waals surface area contributed by atoms with Crippen molar-refractivity contribution in [3.05, 3.63) is 54.1 Å². The van der Waals surface area contributed by atoms with Crippen molar-refractivity contribution in [1.82, 2.24) is 0 Å². The zero-order valence-corrected chi connectivity index (χ0v) is 17.4. The SMILES string of the molecule is CCCCCCOc1ccc(NC(=O)c2ccc(OCCC(C)C)cc2)cc1. The van der Waals surface area contributed by atoms with Crippen molar-refractivity contribution in [3.8, 4) is 11.5 Å². The Labute approximate surface area is 169 Å². The molecule has 0 saturated carbocycles. The second kappa shape index (κ2) is 12.1. The molecule has 0 radical (unpaired) electrons. The number of amides is 1. The van der Waals surface area contributed by atoms with Crippen LogP contribution < -0.4 is 14.8 Å². The maximum Gasteiger partial charge on any atom is 0.255 e. The molecule has 0 aliphatic carbocycles. The first-order valence-corrected chi connectivity index (χ1v) is 10.4. The number of hydrogen-bond donors (Lipinski definition) is 1. The summed E-state index contributed by atoms with van der Waals surface area (Å²) < 4.78 is 11.4. The van der Waals surface area contributed by atoms with Gasteiger partial charge in [-0.05, 0) is 67.3 Å². The lowest BCUT2D eigenvalue weighted by molar-refractivity contribution is 0.102. The number of rotatable bonds is 12. The maximum atomic E-state index is 12.4. The van der Waals surface area contributed by atoms with Gasteiger partial charge in [0.15, 0.2) is 0 Å². The summed E-state index contributed by atoms with van der Waals surface area (Å²) in [6, 6.07) is 14.8. The molecule has 0 aliphatic heterocycles. The zero-order chi connectivity index (χ0) is 20.2. The Morgan fingerprint density at radius 2 is 1.46 bits per heavy atom. The van der Waals surface area contributed by atoms with Gasteiger partial charge in [-0.1, -0.05) is 40.0 Å². The van der Waals surface area contributed by atoms with Crippen molar-refractivity contribution in [1.29, 1.82) is 0 Å². The highest BCUT2D eigenvalue weighted by atomic mass is 16.5. The van der Waals surface area contributed by atoms with Crippen LogP contribution in [0, 0.1) is 5.92 Å². The summed E-state index contributed by atoms with van der Waals surface area (Å²) in [5.41, 5.74) is 1.35. The summed E-state index contributed by atoms with van der Waals surface area (Å²) in [6.45, 7) is 7.96. The van der Waals surface area contributed by atoms with Gasteiger partial charge >= 0.3 is 0 Å². The van der Waals surface area contributed by atoms with E-state index >= 15 is 0 Å². The Morgan fingerprint density at radius 1 is 0.857 bits per heavy atom. The first-order valence-electron chi connectivity index (χ1n) is 10.4. The third-order valence-corrected chi connectivity index (χ3v) is 4.46. The molecule has 0 unspecified atom stereocenters. The fourth-order valence-corrected chi connectivity index (χ4v) is 2.67. The highest BCUT2D eigenvalue weighted by molar-refractivity contribution is 6.04. The number of anilines is 1. The van der Waals surface area contributed by atoms with Gasteiger partial charge in [0.25, 0.3) is 5.91 Å². The summed E-state index contributed by atoms with van der Waals surface area (Å²) in [5.74, 6) is 2.10. The topological polar surface area (TPSA) is 47.6 Å². The van der Waals surface area contributed by atoms with Crippen LogP contribution >= 0.6 is 0 Å². The number of carbonyl (C=O) groups excluding carboxylic acids is 1. The van der Waals surface area contributed by atoms with Crippen LogP contribution in [0.2, 0.25) is 0 Å². The average molecular weight is 384 g/mol. The molecule has 1 amide bonds. The van der Waals surface area contributed by atoms with Gasteiger partial charge in [0.2, 0.25) is 0 Å². The monoisotopic (exact) mass is 383 g/mol. The molecule has 0 atom stereocenters. The standard InChI is InChI=1S/C24H33NO3/c1-4-5-6-7-17-27-23-14-10-21(11-15-23)25-24(26)20-8-12-22(13-9-20)28-18-16-19(2)3/h8-15,19H,4-7,16-18H2,1-3H3,(H,25,26). The van der Waals surface area contributed by atoms with Crippen molar-refractivity contribution in [2.75, 3.05) is 18.5 Å². The molecule has 0 heterocycles. The molecule has 2 aromatic rings. The number of nitrogens with one attached hydrogen (secondary N) is 1. The number of unbranched alkanes of at least 4 members (excludes halogenated alkanes) is 3. The third kappa shape index (κ3) is 8.03. The fourth-order valence-electron chi connectivity index (χ4n) is 2.67.